The summed E-state index contributed by atoms with van der Waals surface area (Å²) in [5.74, 6) is 2.86. The molecule has 0 spiro atoms. The number of para-hydroxylation sites is 1. The number of ether oxygens (including phenoxy) is 1. The molecule has 0 N–H and O–H groups in total. The Hall–Kier alpha value is -2.28. The van der Waals surface area contributed by atoms with Crippen LogP contribution in [0, 0.1) is 22.5 Å². The maximum absolute atomic E-state index is 10.1. The van der Waals surface area contributed by atoms with Crippen molar-refractivity contribution in [3.05, 3.63) is 46.1 Å². The van der Waals surface area contributed by atoms with Gasteiger partial charge in [-0.25, -0.2) is 0 Å². The Morgan fingerprint density at radius 2 is 2.27 bits per heavy atom. The molecule has 1 rings (SSSR count). The maximum atomic E-state index is 10.1. The van der Waals surface area contributed by atoms with E-state index in [-0.39, 0.29) is 6.61 Å². The average Bonchev–Trinajstić information content (AvgIpc) is 2.24. The Kier molecular flexibility index (Phi) is 3.92. The van der Waals surface area contributed by atoms with Gasteiger partial charge in [0, 0.05) is 11.6 Å². The molecule has 0 radical (unpaired) electrons. The predicted molar refractivity (Wildman–Crippen MR) is 56.8 cm³/mol. The molecule has 1 aromatic rings. The van der Waals surface area contributed by atoms with Crippen molar-refractivity contribution in [2.45, 2.75) is 0 Å². The largest absolute Gasteiger partial charge is 0.480 e. The summed E-state index contributed by atoms with van der Waals surface area (Å²) < 4.78 is 5.21. The van der Waals surface area contributed by atoms with Gasteiger partial charge in [-0.1, -0.05) is 24.1 Å². The van der Waals surface area contributed by atoms with Crippen LogP contribution < -0.4 is 4.74 Å². The Bertz CT molecular complexity index is 418. The van der Waals surface area contributed by atoms with E-state index in [1.807, 2.05) is 0 Å². The van der Waals surface area contributed by atoms with E-state index in [4.69, 9.17) is 11.2 Å². The second-order valence-corrected chi connectivity index (χ2v) is 2.63. The Morgan fingerprint density at radius 1 is 1.53 bits per heavy atom. The first-order chi connectivity index (χ1) is 7.24. The second-order valence-electron chi connectivity index (χ2n) is 2.63. The van der Waals surface area contributed by atoms with Crippen molar-refractivity contribution in [2.75, 3.05) is 6.61 Å². The fourth-order valence-electron chi connectivity index (χ4n) is 1.01. The van der Waals surface area contributed by atoms with Crippen LogP contribution in [-0.4, -0.2) is 11.5 Å². The topological polar surface area (TPSA) is 52.4 Å². The van der Waals surface area contributed by atoms with Gasteiger partial charge in [0.1, 0.15) is 12.4 Å². The zero-order valence-corrected chi connectivity index (χ0v) is 7.92. The van der Waals surface area contributed by atoms with E-state index in [1.54, 1.807) is 24.3 Å². The smallest absolute Gasteiger partial charge is 0.235 e. The van der Waals surface area contributed by atoms with Gasteiger partial charge in [0.05, 0.1) is 4.92 Å². The molecule has 1 aromatic carbocycles. The molecular formula is C11H9NO3. The predicted octanol–water partition coefficient (Wildman–Crippen LogP) is 1.95. The van der Waals surface area contributed by atoms with Crippen molar-refractivity contribution in [1.29, 1.82) is 0 Å². The molecule has 0 saturated carbocycles. The van der Waals surface area contributed by atoms with Crippen molar-refractivity contribution in [1.82, 2.24) is 0 Å². The molecule has 0 amide bonds. The van der Waals surface area contributed by atoms with E-state index in [9.17, 15) is 10.1 Å². The van der Waals surface area contributed by atoms with E-state index >= 15 is 0 Å². The fourth-order valence-corrected chi connectivity index (χ4v) is 1.01. The summed E-state index contributed by atoms with van der Waals surface area (Å²) in [5.41, 5.74) is 0.629. The zero-order valence-electron chi connectivity index (χ0n) is 7.92. The minimum atomic E-state index is -0.530. The molecule has 0 saturated heterocycles. The average molecular weight is 203 g/mol. The van der Waals surface area contributed by atoms with Crippen molar-refractivity contribution in [2.24, 2.45) is 0 Å². The molecule has 0 fully saturated rings. The molecule has 0 bridgehead atoms. The molecule has 76 valence electrons. The van der Waals surface area contributed by atoms with Gasteiger partial charge in [-0.3, -0.25) is 10.1 Å². The number of benzene rings is 1. The third-order valence-corrected chi connectivity index (χ3v) is 1.61. The first-order valence-corrected chi connectivity index (χ1v) is 4.21. The number of nitrogens with zero attached hydrogens (tertiary/aromatic N) is 1. The molecular weight excluding hydrogens is 194 g/mol. The summed E-state index contributed by atoms with van der Waals surface area (Å²) >= 11 is 0. The highest BCUT2D eigenvalue weighted by Gasteiger charge is 1.99. The first kappa shape index (κ1) is 10.8. The molecule has 0 aliphatic carbocycles. The zero-order chi connectivity index (χ0) is 11.1. The summed E-state index contributed by atoms with van der Waals surface area (Å²) in [6.45, 7) is 0.142. The first-order valence-electron chi connectivity index (χ1n) is 4.21. The van der Waals surface area contributed by atoms with Gasteiger partial charge in [-0.05, 0) is 6.07 Å². The summed E-state index contributed by atoms with van der Waals surface area (Å²) in [5, 5.41) is 10.1. The summed E-state index contributed by atoms with van der Waals surface area (Å²) in [6, 6.07) is 6.96. The minimum absolute atomic E-state index is 0.142. The molecule has 0 aliphatic rings. The van der Waals surface area contributed by atoms with Gasteiger partial charge >= 0.3 is 0 Å². The van der Waals surface area contributed by atoms with E-state index < -0.39 is 4.92 Å². The molecule has 4 nitrogen and oxygen atoms in total. The lowest BCUT2D eigenvalue weighted by atomic mass is 10.2. The van der Waals surface area contributed by atoms with Gasteiger partial charge in [-0.2, -0.15) is 0 Å². The second kappa shape index (κ2) is 5.45. The number of nitro groups is 1. The SMILES string of the molecule is C#CCOc1ccccc1/C=C/[N+](=O)[O-]. The molecule has 0 heterocycles. The van der Waals surface area contributed by atoms with Crippen molar-refractivity contribution < 1.29 is 9.66 Å². The third kappa shape index (κ3) is 3.53. The number of rotatable bonds is 4. The summed E-state index contributed by atoms with van der Waals surface area (Å²) in [4.78, 5) is 9.61. The highest BCUT2D eigenvalue weighted by molar-refractivity contribution is 5.56. The van der Waals surface area contributed by atoms with Crippen LogP contribution in [0.3, 0.4) is 0 Å². The fraction of sp³-hybridized carbons (Fsp3) is 0.0909. The molecule has 0 unspecified atom stereocenters. The highest BCUT2D eigenvalue weighted by Crippen LogP contribution is 2.19. The highest BCUT2D eigenvalue weighted by atomic mass is 16.6. The van der Waals surface area contributed by atoms with Crippen LogP contribution in [-0.2, 0) is 0 Å². The van der Waals surface area contributed by atoms with Crippen molar-refractivity contribution in [3.63, 3.8) is 0 Å². The van der Waals surface area contributed by atoms with Crippen LogP contribution in [0.2, 0.25) is 0 Å². The molecule has 15 heavy (non-hydrogen) atoms. The van der Waals surface area contributed by atoms with E-state index in [2.05, 4.69) is 5.92 Å². The lowest BCUT2D eigenvalue weighted by Crippen LogP contribution is -1.95. The molecule has 4 heteroatoms. The Balaban J connectivity index is 2.86. The van der Waals surface area contributed by atoms with Crippen LogP contribution in [0.15, 0.2) is 30.5 Å². The molecule has 0 aliphatic heterocycles. The van der Waals surface area contributed by atoms with Gasteiger partial charge in [0.15, 0.2) is 0 Å². The van der Waals surface area contributed by atoms with Crippen LogP contribution in [0.4, 0.5) is 0 Å². The minimum Gasteiger partial charge on any atom is -0.480 e. The maximum Gasteiger partial charge on any atom is 0.235 e. The normalized spacial score (nSPS) is 9.80. The summed E-state index contributed by atoms with van der Waals surface area (Å²) in [7, 11) is 0. The van der Waals surface area contributed by atoms with E-state index in [0.717, 1.165) is 6.20 Å². The lowest BCUT2D eigenvalue weighted by molar-refractivity contribution is -0.400. The van der Waals surface area contributed by atoms with Crippen LogP contribution in [0.1, 0.15) is 5.56 Å². The van der Waals surface area contributed by atoms with Crippen molar-refractivity contribution >= 4 is 6.08 Å². The van der Waals surface area contributed by atoms with Gasteiger partial charge in [0.25, 0.3) is 0 Å². The Labute approximate surface area is 87.3 Å². The van der Waals surface area contributed by atoms with E-state index in [1.165, 1.54) is 6.08 Å². The van der Waals surface area contributed by atoms with Crippen LogP contribution >= 0.6 is 0 Å². The monoisotopic (exact) mass is 203 g/mol. The molecule has 0 atom stereocenters. The quantitative estimate of drug-likeness (QED) is 0.427. The third-order valence-electron chi connectivity index (χ3n) is 1.61. The van der Waals surface area contributed by atoms with Crippen molar-refractivity contribution in [3.8, 4) is 18.1 Å². The van der Waals surface area contributed by atoms with Gasteiger partial charge in [-0.15, -0.1) is 6.42 Å². The standard InChI is InChI=1S/C11H9NO3/c1-2-9-15-11-6-4-3-5-10(11)7-8-12(13)14/h1,3-8H,9H2/b8-7+. The number of hydrogen-bond donors (Lipinski definition) is 0. The van der Waals surface area contributed by atoms with E-state index in [0.29, 0.717) is 11.3 Å². The van der Waals surface area contributed by atoms with Crippen LogP contribution in [0.5, 0.6) is 5.75 Å². The van der Waals surface area contributed by atoms with Gasteiger partial charge < -0.3 is 4.74 Å². The molecule has 0 aromatic heterocycles. The summed E-state index contributed by atoms with van der Waals surface area (Å²) in [6.07, 6.45) is 7.27. The lowest BCUT2D eigenvalue weighted by Gasteiger charge is -2.04. The van der Waals surface area contributed by atoms with Crippen LogP contribution in [0.25, 0.3) is 6.08 Å². The number of terminal acetylenes is 1. The van der Waals surface area contributed by atoms with Gasteiger partial charge in [0.2, 0.25) is 6.20 Å². The Morgan fingerprint density at radius 3 is 2.93 bits per heavy atom. The number of hydrogen-bond acceptors (Lipinski definition) is 3.